The van der Waals surface area contributed by atoms with Gasteiger partial charge in [-0.25, -0.2) is 9.78 Å². The number of nitrogens with zero attached hydrogens (tertiary/aromatic N) is 1. The van der Waals surface area contributed by atoms with Crippen molar-refractivity contribution in [3.63, 3.8) is 0 Å². The zero-order valence-electron chi connectivity index (χ0n) is 17.5. The number of aromatic nitrogens is 1. The van der Waals surface area contributed by atoms with Gasteiger partial charge in [0.15, 0.2) is 34.6 Å². The molecule has 3 rings (SSSR count). The molecule has 0 radical (unpaired) electrons. The lowest BCUT2D eigenvalue weighted by Gasteiger charge is -2.14. The maximum absolute atomic E-state index is 12.3. The molecule has 0 aliphatic heterocycles. The Hall–Kier alpha value is -3.53. The molecule has 31 heavy (non-hydrogen) atoms. The standard InChI is InChI=1S/C21H22N2O7S/c1-12-19(23-20(31-12)14-6-5-7-29-14)21(25)30-11-18(24)22-10-13-8-16(27-3)17(28-4)9-15(13)26-2/h5-9H,10-11H2,1-4H3,(H,22,24). The summed E-state index contributed by atoms with van der Waals surface area (Å²) in [4.78, 5) is 29.5. The number of benzene rings is 1. The van der Waals surface area contributed by atoms with Crippen LogP contribution in [0.5, 0.6) is 17.2 Å². The molecule has 0 saturated carbocycles. The first kappa shape index (κ1) is 22.2. The molecule has 9 nitrogen and oxygen atoms in total. The molecule has 0 unspecified atom stereocenters. The van der Waals surface area contributed by atoms with Gasteiger partial charge in [0.1, 0.15) is 5.75 Å². The number of hydrogen-bond donors (Lipinski definition) is 1. The fourth-order valence-corrected chi connectivity index (χ4v) is 3.64. The lowest BCUT2D eigenvalue weighted by molar-refractivity contribution is -0.124. The van der Waals surface area contributed by atoms with Crippen LogP contribution in [0.4, 0.5) is 0 Å². The van der Waals surface area contributed by atoms with Crippen LogP contribution in [0.1, 0.15) is 20.9 Å². The summed E-state index contributed by atoms with van der Waals surface area (Å²) in [5.74, 6) is 0.961. The molecule has 0 aliphatic rings. The van der Waals surface area contributed by atoms with E-state index in [-0.39, 0.29) is 12.2 Å². The number of methoxy groups -OCH3 is 3. The molecule has 0 saturated heterocycles. The minimum Gasteiger partial charge on any atom is -0.496 e. The fraction of sp³-hybridized carbons (Fsp3) is 0.286. The highest BCUT2D eigenvalue weighted by atomic mass is 32.1. The SMILES string of the molecule is COc1cc(OC)c(OC)cc1CNC(=O)COC(=O)c1nc(-c2ccco2)sc1C. The third kappa shape index (κ3) is 5.15. The van der Waals surface area contributed by atoms with Gasteiger partial charge in [0, 0.05) is 23.1 Å². The van der Waals surface area contributed by atoms with Crippen molar-refractivity contribution >= 4 is 23.2 Å². The van der Waals surface area contributed by atoms with Gasteiger partial charge in [-0.3, -0.25) is 4.79 Å². The van der Waals surface area contributed by atoms with Gasteiger partial charge >= 0.3 is 5.97 Å². The number of carbonyl (C=O) groups is 2. The molecular weight excluding hydrogens is 424 g/mol. The van der Waals surface area contributed by atoms with Crippen LogP contribution < -0.4 is 19.5 Å². The van der Waals surface area contributed by atoms with Gasteiger partial charge in [-0.15, -0.1) is 11.3 Å². The zero-order valence-corrected chi connectivity index (χ0v) is 18.3. The Morgan fingerprint density at radius 2 is 1.81 bits per heavy atom. The number of thiazole rings is 1. The van der Waals surface area contributed by atoms with Crippen LogP contribution in [-0.2, 0) is 16.1 Å². The average molecular weight is 446 g/mol. The van der Waals surface area contributed by atoms with Gasteiger partial charge < -0.3 is 28.7 Å². The van der Waals surface area contributed by atoms with Gasteiger partial charge in [0.05, 0.1) is 27.6 Å². The van der Waals surface area contributed by atoms with Gasteiger partial charge in [0.25, 0.3) is 5.91 Å². The van der Waals surface area contributed by atoms with Crippen LogP contribution in [0.3, 0.4) is 0 Å². The Bertz CT molecular complexity index is 1060. The summed E-state index contributed by atoms with van der Waals surface area (Å²) in [5.41, 5.74) is 0.837. The van der Waals surface area contributed by atoms with Crippen molar-refractivity contribution < 1.29 is 33.0 Å². The number of esters is 1. The molecule has 2 heterocycles. The Morgan fingerprint density at radius 1 is 1.10 bits per heavy atom. The Balaban J connectivity index is 1.58. The van der Waals surface area contributed by atoms with Crippen LogP contribution in [-0.4, -0.2) is 44.8 Å². The normalized spacial score (nSPS) is 10.5. The second kappa shape index (κ2) is 9.98. The third-order valence-corrected chi connectivity index (χ3v) is 5.30. The van der Waals surface area contributed by atoms with Crippen LogP contribution in [0.15, 0.2) is 34.9 Å². The van der Waals surface area contributed by atoms with Crippen molar-refractivity contribution in [3.05, 3.63) is 46.7 Å². The Kier molecular flexibility index (Phi) is 7.14. The number of aryl methyl sites for hydroxylation is 1. The molecule has 2 aromatic heterocycles. The van der Waals surface area contributed by atoms with E-state index in [9.17, 15) is 9.59 Å². The average Bonchev–Trinajstić information content (AvgIpc) is 3.45. The number of nitrogens with one attached hydrogen (secondary N) is 1. The van der Waals surface area contributed by atoms with Crippen molar-refractivity contribution in [1.29, 1.82) is 0 Å². The third-order valence-electron chi connectivity index (χ3n) is 4.32. The van der Waals surface area contributed by atoms with E-state index in [0.29, 0.717) is 38.5 Å². The molecule has 164 valence electrons. The maximum Gasteiger partial charge on any atom is 0.358 e. The largest absolute Gasteiger partial charge is 0.496 e. The van der Waals surface area contributed by atoms with Crippen LogP contribution >= 0.6 is 11.3 Å². The summed E-state index contributed by atoms with van der Waals surface area (Å²) in [6.45, 7) is 1.46. The second-order valence-electron chi connectivity index (χ2n) is 6.27. The molecule has 1 amide bonds. The van der Waals surface area contributed by atoms with Gasteiger partial charge in [-0.1, -0.05) is 0 Å². The van der Waals surface area contributed by atoms with E-state index in [2.05, 4.69) is 10.3 Å². The molecule has 0 spiro atoms. The Morgan fingerprint density at radius 3 is 2.45 bits per heavy atom. The topological polar surface area (TPSA) is 109 Å². The van der Waals surface area contributed by atoms with Gasteiger partial charge in [-0.05, 0) is 25.1 Å². The molecule has 1 N–H and O–H groups in total. The molecule has 0 aliphatic carbocycles. The smallest absolute Gasteiger partial charge is 0.358 e. The fourth-order valence-electron chi connectivity index (χ4n) is 2.77. The van der Waals surface area contributed by atoms with E-state index in [1.807, 2.05) is 0 Å². The second-order valence-corrected chi connectivity index (χ2v) is 7.48. The predicted octanol–water partition coefficient (Wildman–Crippen LogP) is 3.21. The van der Waals surface area contributed by atoms with Crippen molar-refractivity contribution in [2.45, 2.75) is 13.5 Å². The van der Waals surface area contributed by atoms with E-state index >= 15 is 0 Å². The first-order valence-electron chi connectivity index (χ1n) is 9.20. The van der Waals surface area contributed by atoms with E-state index < -0.39 is 18.5 Å². The maximum atomic E-state index is 12.3. The molecule has 0 bridgehead atoms. The summed E-state index contributed by atoms with van der Waals surface area (Å²) in [7, 11) is 4.56. The minimum atomic E-state index is -0.676. The highest BCUT2D eigenvalue weighted by Gasteiger charge is 2.20. The summed E-state index contributed by atoms with van der Waals surface area (Å²) in [5, 5.41) is 3.26. The van der Waals surface area contributed by atoms with E-state index in [1.54, 1.807) is 31.2 Å². The predicted molar refractivity (Wildman–Crippen MR) is 113 cm³/mol. The molecule has 0 fully saturated rings. The number of furan rings is 1. The highest BCUT2D eigenvalue weighted by Crippen LogP contribution is 2.34. The van der Waals surface area contributed by atoms with Crippen molar-refractivity contribution in [2.75, 3.05) is 27.9 Å². The minimum absolute atomic E-state index is 0.151. The van der Waals surface area contributed by atoms with Crippen molar-refractivity contribution in [3.8, 4) is 28.0 Å². The Labute approximate surface area is 182 Å². The monoisotopic (exact) mass is 446 g/mol. The number of ether oxygens (including phenoxy) is 4. The van der Waals surface area contributed by atoms with E-state index in [0.717, 1.165) is 0 Å². The summed E-state index contributed by atoms with van der Waals surface area (Å²) < 4.78 is 26.3. The molecule has 3 aromatic rings. The van der Waals surface area contributed by atoms with E-state index in [4.69, 9.17) is 23.4 Å². The lowest BCUT2D eigenvalue weighted by Crippen LogP contribution is -2.28. The lowest BCUT2D eigenvalue weighted by atomic mass is 10.1. The van der Waals surface area contributed by atoms with Crippen LogP contribution in [0.25, 0.3) is 10.8 Å². The van der Waals surface area contributed by atoms with Gasteiger partial charge in [0.2, 0.25) is 0 Å². The number of hydrogen-bond acceptors (Lipinski definition) is 9. The molecule has 0 atom stereocenters. The summed E-state index contributed by atoms with van der Waals surface area (Å²) in [6.07, 6.45) is 1.53. The summed E-state index contributed by atoms with van der Waals surface area (Å²) >= 11 is 1.31. The van der Waals surface area contributed by atoms with Crippen LogP contribution in [0.2, 0.25) is 0 Å². The highest BCUT2D eigenvalue weighted by molar-refractivity contribution is 7.15. The van der Waals surface area contributed by atoms with Crippen LogP contribution in [0, 0.1) is 6.92 Å². The molecule has 1 aromatic carbocycles. The zero-order chi connectivity index (χ0) is 22.4. The molecule has 10 heteroatoms. The molecular formula is C21H22N2O7S. The number of carbonyl (C=O) groups excluding carboxylic acids is 2. The summed E-state index contributed by atoms with van der Waals surface area (Å²) in [6, 6.07) is 6.87. The number of amides is 1. The van der Waals surface area contributed by atoms with E-state index in [1.165, 1.54) is 38.9 Å². The quantitative estimate of drug-likeness (QED) is 0.499. The van der Waals surface area contributed by atoms with Crippen molar-refractivity contribution in [2.24, 2.45) is 0 Å². The van der Waals surface area contributed by atoms with Gasteiger partial charge in [-0.2, -0.15) is 0 Å². The number of rotatable bonds is 9. The van der Waals surface area contributed by atoms with Crippen molar-refractivity contribution in [1.82, 2.24) is 10.3 Å². The first-order chi connectivity index (χ1) is 15.0. The first-order valence-corrected chi connectivity index (χ1v) is 10.0.